The predicted molar refractivity (Wildman–Crippen MR) is 194 cm³/mol. The summed E-state index contributed by atoms with van der Waals surface area (Å²) in [5.41, 5.74) is 6.46. The van der Waals surface area contributed by atoms with Crippen molar-refractivity contribution in [1.82, 2.24) is 14.4 Å². The van der Waals surface area contributed by atoms with Crippen molar-refractivity contribution in [2.45, 2.75) is 19.3 Å². The van der Waals surface area contributed by atoms with Crippen LogP contribution in [0, 0.1) is 0 Å². The Morgan fingerprint density at radius 1 is 0.617 bits per heavy atom. The number of ether oxygens (including phenoxy) is 1. The van der Waals surface area contributed by atoms with Crippen LogP contribution < -0.4 is 9.64 Å². The molecule has 224 valence electrons. The van der Waals surface area contributed by atoms with E-state index < -0.39 is 0 Å². The number of fused-ring (bicyclic) bond motifs is 11. The van der Waals surface area contributed by atoms with Crippen LogP contribution in [0.4, 0.5) is 17.2 Å². The second-order valence-corrected chi connectivity index (χ2v) is 13.8. The lowest BCUT2D eigenvalue weighted by Gasteiger charge is -2.41. The van der Waals surface area contributed by atoms with Crippen molar-refractivity contribution in [2.75, 3.05) is 4.90 Å². The maximum Gasteiger partial charge on any atom is 0.145 e. The van der Waals surface area contributed by atoms with Crippen molar-refractivity contribution in [3.05, 3.63) is 145 Å². The fourth-order valence-corrected chi connectivity index (χ4v) is 8.59. The number of aromatic nitrogens is 3. The van der Waals surface area contributed by atoms with Gasteiger partial charge in [0.1, 0.15) is 23.0 Å². The van der Waals surface area contributed by atoms with Gasteiger partial charge in [-0.3, -0.25) is 9.30 Å². The summed E-state index contributed by atoms with van der Waals surface area (Å²) < 4.78 is 11.3. The molecule has 10 rings (SSSR count). The minimum absolute atomic E-state index is 0.228. The molecule has 0 saturated carbocycles. The first kappa shape index (κ1) is 26.5. The largest absolute Gasteiger partial charge is 0.457 e. The maximum atomic E-state index is 6.60. The Kier molecular flexibility index (Phi) is 5.44. The number of benzene rings is 5. The molecule has 0 amide bonds. The Bertz CT molecular complexity index is 2720. The van der Waals surface area contributed by atoms with Gasteiger partial charge in [0.25, 0.3) is 0 Å². The van der Waals surface area contributed by atoms with E-state index in [0.29, 0.717) is 0 Å². The second-order valence-electron chi connectivity index (χ2n) is 12.7. The number of hydrogen-bond donors (Lipinski definition) is 0. The van der Waals surface area contributed by atoms with Crippen LogP contribution in [0.25, 0.3) is 47.5 Å². The molecule has 0 N–H and O–H groups in total. The zero-order valence-electron chi connectivity index (χ0n) is 25.8. The number of pyridine rings is 2. The van der Waals surface area contributed by atoms with Crippen LogP contribution >= 0.6 is 11.3 Å². The lowest BCUT2D eigenvalue weighted by molar-refractivity contribution is 0.483. The van der Waals surface area contributed by atoms with Gasteiger partial charge in [-0.15, -0.1) is 11.3 Å². The molecule has 0 aliphatic carbocycles. The number of rotatable bonds is 3. The predicted octanol–water partition coefficient (Wildman–Crippen LogP) is 11.3. The van der Waals surface area contributed by atoms with E-state index in [-0.39, 0.29) is 5.41 Å². The molecule has 0 bridgehead atoms. The number of nitrogens with zero attached hydrogens (tertiary/aromatic N) is 4. The highest BCUT2D eigenvalue weighted by molar-refractivity contribution is 7.25. The van der Waals surface area contributed by atoms with E-state index in [9.17, 15) is 0 Å². The molecule has 1 aliphatic heterocycles. The summed E-state index contributed by atoms with van der Waals surface area (Å²) in [6, 6.07) is 40.8. The summed E-state index contributed by atoms with van der Waals surface area (Å²) in [6.45, 7) is 4.62. The standard InChI is InChI=1S/C41H28N4OS/c1-41(2)33-13-8-18-42-40(33)45(36-24-38-31(23-34(36)41)30-12-4-6-15-37(30)47-38)25-9-7-10-26(21-25)46-27-16-17-28-29-11-3-5-14-35(29)44-20-19-43-39(44)32(28)22-27/h3-24H,1-2H3. The van der Waals surface area contributed by atoms with E-state index in [2.05, 4.69) is 126 Å². The van der Waals surface area contributed by atoms with Gasteiger partial charge in [0.2, 0.25) is 0 Å². The molecule has 0 atom stereocenters. The van der Waals surface area contributed by atoms with Crippen LogP contribution in [-0.4, -0.2) is 14.4 Å². The first-order valence-electron chi connectivity index (χ1n) is 15.8. The quantitative estimate of drug-likeness (QED) is 0.183. The molecule has 0 spiro atoms. The minimum atomic E-state index is -0.228. The summed E-state index contributed by atoms with van der Waals surface area (Å²) >= 11 is 1.84. The van der Waals surface area contributed by atoms with Gasteiger partial charge >= 0.3 is 0 Å². The average Bonchev–Trinajstić information content (AvgIpc) is 3.74. The molecule has 0 unspecified atom stereocenters. The maximum absolute atomic E-state index is 6.60. The number of imidazole rings is 1. The Hall–Kier alpha value is -5.72. The van der Waals surface area contributed by atoms with Crippen molar-refractivity contribution in [2.24, 2.45) is 0 Å². The SMILES string of the molecule is CC1(C)c2cc3c(cc2N(c2cccc(Oc4ccc5c6ccccc6n6ccnc6c5c4)c2)c2ncccc21)sc1ccccc13. The Morgan fingerprint density at radius 2 is 1.47 bits per heavy atom. The molecule has 9 aromatic rings. The van der Waals surface area contributed by atoms with Gasteiger partial charge in [-0.1, -0.05) is 62.4 Å². The summed E-state index contributed by atoms with van der Waals surface area (Å²) in [6.07, 6.45) is 5.76. The third-order valence-electron chi connectivity index (χ3n) is 9.72. The highest BCUT2D eigenvalue weighted by Crippen LogP contribution is 2.53. The highest BCUT2D eigenvalue weighted by Gasteiger charge is 2.38. The van der Waals surface area contributed by atoms with Gasteiger partial charge in [-0.2, -0.15) is 0 Å². The van der Waals surface area contributed by atoms with E-state index in [1.54, 1.807) is 0 Å². The lowest BCUT2D eigenvalue weighted by Crippen LogP contribution is -2.31. The van der Waals surface area contributed by atoms with Crippen molar-refractivity contribution in [1.29, 1.82) is 0 Å². The van der Waals surface area contributed by atoms with Crippen LogP contribution in [0.2, 0.25) is 0 Å². The molecule has 5 heterocycles. The molecule has 1 aliphatic rings. The van der Waals surface area contributed by atoms with Crippen LogP contribution in [0.1, 0.15) is 25.0 Å². The molecule has 6 heteroatoms. The van der Waals surface area contributed by atoms with E-state index in [0.717, 1.165) is 50.6 Å². The molecule has 0 radical (unpaired) electrons. The van der Waals surface area contributed by atoms with Gasteiger partial charge in [-0.05, 0) is 71.6 Å². The molecular weight excluding hydrogens is 597 g/mol. The van der Waals surface area contributed by atoms with E-state index >= 15 is 0 Å². The van der Waals surface area contributed by atoms with Crippen molar-refractivity contribution in [3.8, 4) is 11.5 Å². The normalized spacial score (nSPS) is 13.9. The zero-order valence-corrected chi connectivity index (χ0v) is 26.6. The smallest absolute Gasteiger partial charge is 0.145 e. The highest BCUT2D eigenvalue weighted by atomic mass is 32.1. The van der Waals surface area contributed by atoms with Crippen LogP contribution in [0.5, 0.6) is 11.5 Å². The van der Waals surface area contributed by atoms with E-state index in [1.165, 1.54) is 36.7 Å². The zero-order chi connectivity index (χ0) is 31.3. The Balaban J connectivity index is 1.12. The molecular formula is C41H28N4OS. The van der Waals surface area contributed by atoms with Gasteiger partial charge in [-0.25, -0.2) is 9.97 Å². The fraction of sp³-hybridized carbons (Fsp3) is 0.0732. The van der Waals surface area contributed by atoms with Crippen LogP contribution in [0.3, 0.4) is 0 Å². The van der Waals surface area contributed by atoms with E-state index in [1.807, 2.05) is 42.1 Å². The third-order valence-corrected chi connectivity index (χ3v) is 10.9. The Morgan fingerprint density at radius 3 is 2.40 bits per heavy atom. The van der Waals surface area contributed by atoms with Crippen molar-refractivity contribution < 1.29 is 4.74 Å². The number of anilines is 3. The van der Waals surface area contributed by atoms with Crippen LogP contribution in [-0.2, 0) is 5.41 Å². The monoisotopic (exact) mass is 624 g/mol. The van der Waals surface area contributed by atoms with Gasteiger partial charge in [0, 0.05) is 66.6 Å². The molecule has 5 nitrogen and oxygen atoms in total. The van der Waals surface area contributed by atoms with Gasteiger partial charge in [0.15, 0.2) is 0 Å². The van der Waals surface area contributed by atoms with Crippen molar-refractivity contribution >= 4 is 76.0 Å². The molecule has 47 heavy (non-hydrogen) atoms. The molecule has 0 fully saturated rings. The summed E-state index contributed by atoms with van der Waals surface area (Å²) in [4.78, 5) is 12.0. The first-order valence-corrected chi connectivity index (χ1v) is 16.6. The molecule has 4 aromatic heterocycles. The first-order chi connectivity index (χ1) is 23.0. The fourth-order valence-electron chi connectivity index (χ4n) is 7.47. The number of thiophene rings is 1. The van der Waals surface area contributed by atoms with Gasteiger partial charge in [0.05, 0.1) is 16.9 Å². The van der Waals surface area contributed by atoms with Gasteiger partial charge < -0.3 is 4.74 Å². The average molecular weight is 625 g/mol. The van der Waals surface area contributed by atoms with Crippen molar-refractivity contribution in [3.63, 3.8) is 0 Å². The summed E-state index contributed by atoms with van der Waals surface area (Å²) in [5, 5.41) is 6.01. The van der Waals surface area contributed by atoms with E-state index in [4.69, 9.17) is 14.7 Å². The Labute approximate surface area is 274 Å². The topological polar surface area (TPSA) is 42.7 Å². The minimum Gasteiger partial charge on any atom is -0.457 e. The number of para-hydroxylation sites is 1. The second kappa shape index (κ2) is 9.64. The molecule has 5 aromatic carbocycles. The number of hydrogen-bond acceptors (Lipinski definition) is 5. The molecule has 0 saturated heterocycles. The summed E-state index contributed by atoms with van der Waals surface area (Å²) in [7, 11) is 0. The summed E-state index contributed by atoms with van der Waals surface area (Å²) in [5.74, 6) is 2.47. The third kappa shape index (κ3) is 3.82. The lowest BCUT2D eigenvalue weighted by atomic mass is 9.74. The van der Waals surface area contributed by atoms with Crippen LogP contribution in [0.15, 0.2) is 134 Å².